The molecule has 12 nitrogen and oxygen atoms in total. The number of benzene rings is 3. The number of aliphatic hydroxyl groups is 1. The van der Waals surface area contributed by atoms with E-state index in [9.17, 15) is 50.4 Å². The van der Waals surface area contributed by atoms with Crippen LogP contribution in [0, 0.1) is 0 Å². The second-order valence-electron chi connectivity index (χ2n) is 9.86. The molecular weight excluding hydrogens is 574 g/mol. The molecule has 0 radical (unpaired) electrons. The number of aromatic hydroxyl groups is 6. The zero-order valence-electron chi connectivity index (χ0n) is 23.8. The Morgan fingerprint density at radius 2 is 1.36 bits per heavy atom. The minimum atomic E-state index is -1.68. The number of likely N-dealkylation sites (N-methyl/N-ethyl adjacent to an activating group) is 1. The normalized spacial score (nSPS) is 12.9. The maximum Gasteiger partial charge on any atom is 0.345 e. The first kappa shape index (κ1) is 33.3. The van der Waals surface area contributed by atoms with Gasteiger partial charge in [0.05, 0.1) is 0 Å². The predicted octanol–water partition coefficient (Wildman–Crippen LogP) is 3.42. The van der Waals surface area contributed by atoms with Crippen molar-refractivity contribution in [1.82, 2.24) is 5.32 Å². The summed E-state index contributed by atoms with van der Waals surface area (Å²) < 4.78 is 5.31. The smallest absolute Gasteiger partial charge is 0.345 e. The number of ether oxygens (including phenoxy) is 1. The fourth-order valence-corrected chi connectivity index (χ4v) is 4.45. The molecule has 3 rings (SSSR count). The van der Waals surface area contributed by atoms with Gasteiger partial charge in [-0.15, -0.1) is 0 Å². The van der Waals surface area contributed by atoms with Crippen molar-refractivity contribution in [3.05, 3.63) is 76.4 Å². The van der Waals surface area contributed by atoms with Crippen LogP contribution in [0.25, 0.3) is 18.2 Å². The lowest BCUT2D eigenvalue weighted by atomic mass is 9.92. The molecule has 0 spiro atoms. The molecule has 0 saturated carbocycles. The Bertz CT molecular complexity index is 1550. The van der Waals surface area contributed by atoms with E-state index in [0.717, 1.165) is 6.08 Å². The number of aryl methyl sites for hydroxylation is 1. The van der Waals surface area contributed by atoms with Crippen molar-refractivity contribution in [2.45, 2.75) is 31.8 Å². The number of phenolic OH excluding ortho intramolecular Hbond substituents is 6. The average Bonchev–Trinajstić information content (AvgIpc) is 2.98. The van der Waals surface area contributed by atoms with Gasteiger partial charge in [0, 0.05) is 25.1 Å². The molecule has 3 aromatic carbocycles. The minimum Gasteiger partial charge on any atom is -0.504 e. The topological polar surface area (TPSA) is 217 Å². The summed E-state index contributed by atoms with van der Waals surface area (Å²) in [5, 5.41) is 81.8. The van der Waals surface area contributed by atoms with Crippen molar-refractivity contribution < 1.29 is 55.2 Å². The van der Waals surface area contributed by atoms with Gasteiger partial charge in [-0.3, -0.25) is 0 Å². The molecular formula is C32H35NO11. The number of phenols is 6. The molecule has 0 bridgehead atoms. The molecule has 0 fully saturated rings. The summed E-state index contributed by atoms with van der Waals surface area (Å²) >= 11 is 0. The summed E-state index contributed by atoms with van der Waals surface area (Å²) in [6.07, 6.45) is 4.44. The third-order valence-electron chi connectivity index (χ3n) is 6.76. The van der Waals surface area contributed by atoms with Crippen molar-refractivity contribution in [3.8, 4) is 34.5 Å². The zero-order valence-corrected chi connectivity index (χ0v) is 23.8. The Hall–Kier alpha value is -5.20. The van der Waals surface area contributed by atoms with E-state index in [1.54, 1.807) is 13.0 Å². The summed E-state index contributed by atoms with van der Waals surface area (Å²) in [7, 11) is 0. The summed E-state index contributed by atoms with van der Waals surface area (Å²) in [5.74, 6) is -5.89. The van der Waals surface area contributed by atoms with Crippen LogP contribution in [-0.2, 0) is 20.7 Å². The second kappa shape index (κ2) is 15.3. The number of carboxylic acid groups (broad SMARTS) is 1. The molecule has 0 aromatic heterocycles. The fraction of sp³-hybridized carbons (Fsp3) is 0.250. The van der Waals surface area contributed by atoms with E-state index >= 15 is 0 Å². The van der Waals surface area contributed by atoms with Crippen molar-refractivity contribution in [2.24, 2.45) is 0 Å². The average molecular weight is 610 g/mol. The highest BCUT2D eigenvalue weighted by molar-refractivity contribution is 5.91. The minimum absolute atomic E-state index is 0.0720. The number of carbonyl (C=O) groups is 2. The maximum atomic E-state index is 12.8. The van der Waals surface area contributed by atoms with Crippen LogP contribution >= 0.6 is 0 Å². The summed E-state index contributed by atoms with van der Waals surface area (Å²) in [4.78, 5) is 25.0. The molecule has 0 unspecified atom stereocenters. The monoisotopic (exact) mass is 609 g/mol. The van der Waals surface area contributed by atoms with Crippen LogP contribution in [0.2, 0.25) is 0 Å². The molecule has 0 amide bonds. The SMILES string of the molecule is CCNC[C@@H](c1ccc(O)c(O)c1)[C@@H](OC(=O)/C=C/c1cc(O)c(O)cc1/C=C/c1cc(O)c(O)cc1CCCO)C(=O)O. The van der Waals surface area contributed by atoms with Gasteiger partial charge in [-0.05, 0) is 89.7 Å². The van der Waals surface area contributed by atoms with E-state index < -0.39 is 47.0 Å². The Labute approximate surface area is 253 Å². The number of nitrogens with one attached hydrogen (secondary N) is 1. The van der Waals surface area contributed by atoms with Crippen LogP contribution in [0.5, 0.6) is 34.5 Å². The van der Waals surface area contributed by atoms with Gasteiger partial charge in [0.1, 0.15) is 0 Å². The molecule has 0 heterocycles. The van der Waals surface area contributed by atoms with E-state index in [1.807, 2.05) is 0 Å². The van der Waals surface area contributed by atoms with E-state index in [4.69, 9.17) is 4.74 Å². The first-order valence-corrected chi connectivity index (χ1v) is 13.7. The largest absolute Gasteiger partial charge is 0.504 e. The first-order chi connectivity index (χ1) is 20.9. The third-order valence-corrected chi connectivity index (χ3v) is 6.76. The maximum absolute atomic E-state index is 12.8. The first-order valence-electron chi connectivity index (χ1n) is 13.7. The summed E-state index contributed by atoms with van der Waals surface area (Å²) in [6.45, 7) is 2.27. The van der Waals surface area contributed by atoms with Crippen LogP contribution in [-0.4, -0.2) is 78.6 Å². The van der Waals surface area contributed by atoms with Gasteiger partial charge in [0.15, 0.2) is 34.5 Å². The lowest BCUT2D eigenvalue weighted by Crippen LogP contribution is -2.38. The van der Waals surface area contributed by atoms with Crippen molar-refractivity contribution in [1.29, 1.82) is 0 Å². The van der Waals surface area contributed by atoms with E-state index in [-0.39, 0.29) is 30.2 Å². The molecule has 234 valence electrons. The number of carboxylic acids is 1. The standard InChI is InChI=1S/C32H35NO11/c1-2-33-17-23(22-7-9-24(35)25(36)16-22)31(32(42)43)44-30(41)10-8-21-15-29(40)28(39)14-20(21)6-5-19-13-27(38)26(37)12-18(19)4-3-11-34/h5-10,12-16,23,31,33-40H,2-4,11,17H2,1H3,(H,42,43)/b6-5+,10-8+/t23-,31+/m0/s1. The summed E-state index contributed by atoms with van der Waals surface area (Å²) in [5.41, 5.74) is 2.01. The van der Waals surface area contributed by atoms with Gasteiger partial charge in [0.2, 0.25) is 6.10 Å². The number of aliphatic hydroxyl groups excluding tert-OH is 1. The van der Waals surface area contributed by atoms with Crippen LogP contribution < -0.4 is 5.32 Å². The van der Waals surface area contributed by atoms with Crippen molar-refractivity contribution >= 4 is 30.2 Å². The number of hydrogen-bond acceptors (Lipinski definition) is 11. The number of esters is 1. The molecule has 2 atom stereocenters. The van der Waals surface area contributed by atoms with E-state index in [0.29, 0.717) is 41.6 Å². The van der Waals surface area contributed by atoms with Gasteiger partial charge in [-0.1, -0.05) is 25.1 Å². The summed E-state index contributed by atoms with van der Waals surface area (Å²) in [6, 6.07) is 8.92. The predicted molar refractivity (Wildman–Crippen MR) is 161 cm³/mol. The zero-order chi connectivity index (χ0) is 32.4. The molecule has 9 N–H and O–H groups in total. The highest BCUT2D eigenvalue weighted by Gasteiger charge is 2.33. The van der Waals surface area contributed by atoms with Gasteiger partial charge >= 0.3 is 11.9 Å². The molecule has 0 aliphatic heterocycles. The number of rotatable bonds is 14. The number of hydrogen-bond donors (Lipinski definition) is 9. The van der Waals surface area contributed by atoms with Gasteiger partial charge in [0.25, 0.3) is 0 Å². The van der Waals surface area contributed by atoms with Crippen LogP contribution in [0.15, 0.2) is 48.5 Å². The van der Waals surface area contributed by atoms with E-state index in [2.05, 4.69) is 5.32 Å². The van der Waals surface area contributed by atoms with Gasteiger partial charge in [-0.25, -0.2) is 9.59 Å². The Morgan fingerprint density at radius 3 is 1.95 bits per heavy atom. The Balaban J connectivity index is 1.91. The van der Waals surface area contributed by atoms with Gasteiger partial charge < -0.3 is 50.9 Å². The second-order valence-corrected chi connectivity index (χ2v) is 9.86. The molecule has 0 aliphatic carbocycles. The lowest BCUT2D eigenvalue weighted by molar-refractivity contribution is -0.162. The highest BCUT2D eigenvalue weighted by atomic mass is 16.6. The van der Waals surface area contributed by atoms with Crippen molar-refractivity contribution in [3.63, 3.8) is 0 Å². The van der Waals surface area contributed by atoms with Crippen LogP contribution in [0.3, 0.4) is 0 Å². The molecule has 44 heavy (non-hydrogen) atoms. The highest BCUT2D eigenvalue weighted by Crippen LogP contribution is 2.34. The van der Waals surface area contributed by atoms with Crippen molar-refractivity contribution in [2.75, 3.05) is 19.7 Å². The number of aliphatic carboxylic acids is 1. The number of carbonyl (C=O) groups excluding carboxylic acids is 1. The lowest BCUT2D eigenvalue weighted by Gasteiger charge is -2.24. The Kier molecular flexibility index (Phi) is 11.6. The quantitative estimate of drug-likeness (QED) is 0.0556. The molecule has 0 aliphatic rings. The van der Waals surface area contributed by atoms with Crippen LogP contribution in [0.1, 0.15) is 47.1 Å². The van der Waals surface area contributed by atoms with Crippen LogP contribution in [0.4, 0.5) is 0 Å². The molecule has 0 saturated heterocycles. The molecule has 12 heteroatoms. The Morgan fingerprint density at radius 1 is 0.795 bits per heavy atom. The fourth-order valence-electron chi connectivity index (χ4n) is 4.45. The third kappa shape index (κ3) is 8.66. The van der Waals surface area contributed by atoms with Gasteiger partial charge in [-0.2, -0.15) is 0 Å². The molecule has 3 aromatic rings. The van der Waals surface area contributed by atoms with E-state index in [1.165, 1.54) is 54.6 Å².